The minimum absolute atomic E-state index is 0. The molecule has 6 aromatic heterocycles. The van der Waals surface area contributed by atoms with Gasteiger partial charge in [-0.1, -0.05) is 74.2 Å². The first-order valence-corrected chi connectivity index (χ1v) is 34.8. The zero-order valence-corrected chi connectivity index (χ0v) is 69.1. The normalized spacial score (nSPS) is 15.8. The number of hydrogen-bond acceptors (Lipinski definition) is 15. The Kier molecular flexibility index (Phi) is 52.4. The number of thiophene rings is 5. The van der Waals surface area contributed by atoms with Gasteiger partial charge in [0.2, 0.25) is 0 Å². The maximum absolute atomic E-state index is 4.83. The fourth-order valence-electron chi connectivity index (χ4n) is 9.16. The van der Waals surface area contributed by atoms with Crippen molar-refractivity contribution >= 4 is 119 Å². The minimum atomic E-state index is 0. The molecule has 4 unspecified atom stereocenters. The van der Waals surface area contributed by atoms with Crippen LogP contribution in [0.2, 0.25) is 0 Å². The smallest absolute Gasteiger partial charge is 0.285 e. The maximum atomic E-state index is 4.83. The summed E-state index contributed by atoms with van der Waals surface area (Å²) >= 11 is 9.70. The van der Waals surface area contributed by atoms with Crippen molar-refractivity contribution in [1.29, 1.82) is 0 Å². The third kappa shape index (κ3) is 31.0. The van der Waals surface area contributed by atoms with Crippen molar-refractivity contribution in [1.82, 2.24) is 24.6 Å². The van der Waals surface area contributed by atoms with Crippen molar-refractivity contribution in [3.63, 3.8) is 0 Å². The summed E-state index contributed by atoms with van der Waals surface area (Å²) in [6, 6.07) is 16.9. The molecule has 91 heavy (non-hydrogen) atoms. The van der Waals surface area contributed by atoms with Gasteiger partial charge < -0.3 is 55.7 Å². The van der Waals surface area contributed by atoms with Crippen LogP contribution in [0.1, 0.15) is 178 Å². The van der Waals surface area contributed by atoms with E-state index in [2.05, 4.69) is 191 Å². The second kappa shape index (κ2) is 51.9. The molecule has 21 heteroatoms. The number of ether oxygens (including phenoxy) is 1. The van der Waals surface area contributed by atoms with Crippen molar-refractivity contribution in [3.8, 4) is 0 Å². The van der Waals surface area contributed by atoms with Gasteiger partial charge in [0.05, 0.1) is 62.8 Å². The van der Waals surface area contributed by atoms with E-state index in [1.54, 1.807) is 12.5 Å². The molecule has 0 fully saturated rings. The van der Waals surface area contributed by atoms with Crippen molar-refractivity contribution in [3.05, 3.63) is 189 Å². The first kappa shape index (κ1) is 91.9. The van der Waals surface area contributed by atoms with Crippen LogP contribution >= 0.6 is 93.9 Å². The predicted octanol–water partition coefficient (Wildman–Crippen LogP) is 16.1. The van der Waals surface area contributed by atoms with Gasteiger partial charge in [0, 0.05) is 142 Å². The van der Waals surface area contributed by atoms with Gasteiger partial charge in [-0.25, -0.2) is 14.6 Å². The monoisotopic (exact) mass is 1680 g/mol. The molecular weight excluding hydrogens is 1570 g/mol. The topological polar surface area (TPSA) is 88.4 Å². The minimum Gasteiger partial charge on any atom is -1.00 e. The number of hydrogen-bond donors (Lipinski definition) is 0. The fourth-order valence-corrected chi connectivity index (χ4v) is 14.4. The number of aromatic nitrogens is 2. The molecule has 4 aliphatic rings. The molecule has 0 radical (unpaired) electrons. The van der Waals surface area contributed by atoms with Gasteiger partial charge in [-0.15, -0.1) is 93.9 Å². The van der Waals surface area contributed by atoms with Crippen molar-refractivity contribution in [2.75, 3.05) is 41.4 Å². The third-order valence-electron chi connectivity index (χ3n) is 14.0. The Morgan fingerprint density at radius 3 is 1.03 bits per heavy atom. The van der Waals surface area contributed by atoms with E-state index >= 15 is 0 Å². The van der Waals surface area contributed by atoms with E-state index in [1.165, 1.54) is 83.9 Å². The average molecular weight is 1680 g/mol. The molecule has 10 heterocycles. The van der Waals surface area contributed by atoms with E-state index in [-0.39, 0.29) is 102 Å². The third-order valence-corrected chi connectivity index (χ3v) is 21.1. The van der Waals surface area contributed by atoms with E-state index in [0.717, 1.165) is 64.6 Å². The first-order chi connectivity index (χ1) is 41.2. The summed E-state index contributed by atoms with van der Waals surface area (Å²) in [5.74, 6) is 0. The summed E-state index contributed by atoms with van der Waals surface area (Å²) in [7, 11) is 10.1. The van der Waals surface area contributed by atoms with Gasteiger partial charge in [-0.05, 0) is 161 Å². The van der Waals surface area contributed by atoms with Crippen LogP contribution in [-0.2, 0) is 97.1 Å². The molecule has 508 valence electrons. The van der Waals surface area contributed by atoms with E-state index in [1.807, 2.05) is 156 Å². The van der Waals surface area contributed by atoms with Crippen molar-refractivity contribution < 1.29 is 54.3 Å². The number of aliphatic imine (C=N–C) groups is 4. The van der Waals surface area contributed by atoms with Crippen LogP contribution in [-0.4, -0.2) is 91.3 Å². The van der Waals surface area contributed by atoms with E-state index in [9.17, 15) is 0 Å². The van der Waals surface area contributed by atoms with E-state index in [0.29, 0.717) is 12.1 Å². The standard InChI is InChI=1S/4C13H18N2S.C8H12S.C5H7N2.C4H10O.CH3.3ClH.HI.W/c2*1-4-10-8-11(13(5-2)16-10)12-6-7-15(3)9-14-12;2*1-4-10-8-11(13(5-2)16-10)12-6-7-14-9-15(12)3;1-3-7-5-6-8(4-2)9-7;1-7-4-2-3-6-5-7;1-3-5-4-2;;;;;;/h4*6-9,12H,4-5H2,1-3H3;5-6H,3-4H2,1-2H3;2-5H,1H3;3-4H2,1-2H3;1H3;4*1H;/q;;;;;+1;;-1;;;;;/p-1. The van der Waals surface area contributed by atoms with Crippen LogP contribution in [0.15, 0.2) is 130 Å². The van der Waals surface area contributed by atoms with Crippen molar-refractivity contribution in [2.45, 2.75) is 171 Å². The summed E-state index contributed by atoms with van der Waals surface area (Å²) in [4.78, 5) is 44.4. The van der Waals surface area contributed by atoms with Crippen LogP contribution in [0.5, 0.6) is 0 Å². The Balaban J connectivity index is -0.00000101. The quantitative estimate of drug-likeness (QED) is 0.0545. The molecule has 11 nitrogen and oxygen atoms in total. The summed E-state index contributed by atoms with van der Waals surface area (Å²) in [5, 5.41) is 0. The molecule has 4 atom stereocenters. The molecule has 0 spiro atoms. The molecular formula is C70H107Cl3IN10OS5W-. The summed E-state index contributed by atoms with van der Waals surface area (Å²) < 4.78 is 6.72. The summed E-state index contributed by atoms with van der Waals surface area (Å²) in [6.07, 6.45) is 41.0. The van der Waals surface area contributed by atoms with Gasteiger partial charge in [0.1, 0.15) is 6.20 Å². The second-order valence-corrected chi connectivity index (χ2v) is 26.5. The van der Waals surface area contributed by atoms with Crippen LogP contribution in [0.25, 0.3) is 0 Å². The number of likely N-dealkylation sites (N-methyl/N-ethyl adjacent to an activating group) is 2. The Labute approximate surface area is 620 Å². The SMILES string of the molecule is CCOCC.CCc1cc(C2C=CN(C)C=N2)c(CC)s1.CCc1cc(C2C=CN(C)C=N2)c(CC)s1.CCc1cc(C2C=CN=CN2C)c(CC)s1.CCc1cc(C2C=CN=CN2C)c(CC)s1.CCc1ccc(CC)s1.C[n+]1cccnc1.Cl.Cl.Cl.[CH3-].[I-].[W]. The fraction of sp³-hybridized carbons (Fsp3) is 0.471. The number of rotatable bonds is 16. The largest absolute Gasteiger partial charge is 1.00 e. The van der Waals surface area contributed by atoms with Crippen LogP contribution < -0.4 is 28.5 Å². The van der Waals surface area contributed by atoms with Crippen molar-refractivity contribution in [2.24, 2.45) is 27.0 Å². The Morgan fingerprint density at radius 2 is 0.802 bits per heavy atom. The van der Waals surface area contributed by atoms with Gasteiger partial charge in [0.15, 0.2) is 0 Å². The summed E-state index contributed by atoms with van der Waals surface area (Å²) in [5.41, 5.74) is 5.69. The zero-order chi connectivity index (χ0) is 62.1. The predicted molar refractivity (Wildman–Crippen MR) is 404 cm³/mol. The summed E-state index contributed by atoms with van der Waals surface area (Å²) in [6.45, 7) is 27.8. The van der Waals surface area contributed by atoms with Gasteiger partial charge in [-0.3, -0.25) is 9.98 Å². The van der Waals surface area contributed by atoms with Crippen LogP contribution in [0.4, 0.5) is 0 Å². The Hall–Kier alpha value is -3.33. The number of nitrogens with zero attached hydrogens (tertiary/aromatic N) is 10. The van der Waals surface area contributed by atoms with Gasteiger partial charge >= 0.3 is 0 Å². The molecule has 0 bridgehead atoms. The van der Waals surface area contributed by atoms with Gasteiger partial charge in [-0.2, -0.15) is 0 Å². The molecule has 10 rings (SSSR count). The molecule has 0 aliphatic carbocycles. The first-order valence-electron chi connectivity index (χ1n) is 30.7. The van der Waals surface area contributed by atoms with E-state index < -0.39 is 0 Å². The van der Waals surface area contributed by atoms with Crippen LogP contribution in [0.3, 0.4) is 0 Å². The number of aryl methyl sites for hydroxylation is 11. The maximum Gasteiger partial charge on any atom is 0.285 e. The van der Waals surface area contributed by atoms with E-state index in [4.69, 9.17) is 4.74 Å². The molecule has 0 N–H and O–H groups in total. The zero-order valence-electron chi connectivity index (χ0n) is 57.4. The molecule has 0 saturated carbocycles. The average Bonchev–Trinajstić information content (AvgIpc) is 1.82. The second-order valence-electron chi connectivity index (χ2n) is 20.3. The molecule has 0 aromatic carbocycles. The molecule has 0 saturated heterocycles. The molecule has 6 aromatic rings. The van der Waals surface area contributed by atoms with Gasteiger partial charge in [0.25, 0.3) is 6.33 Å². The Morgan fingerprint density at radius 1 is 0.462 bits per heavy atom. The Bertz CT molecular complexity index is 2890. The van der Waals surface area contributed by atoms with Crippen LogP contribution in [0, 0.1) is 7.43 Å². The molecule has 0 amide bonds. The molecule has 4 aliphatic heterocycles. The number of halogens is 4.